The molecule has 2 aromatic rings. The number of hydrazine groups is 1. The van der Waals surface area contributed by atoms with E-state index in [0.717, 1.165) is 6.42 Å². The zero-order chi connectivity index (χ0) is 10.7. The fraction of sp³-hybridized carbons (Fsp3) is 0.231. The highest BCUT2D eigenvalue weighted by atomic mass is 15.2. The van der Waals surface area contributed by atoms with Crippen LogP contribution in [0.1, 0.15) is 12.5 Å². The molecule has 0 radical (unpaired) electrons. The molecule has 78 valence electrons. The maximum absolute atomic E-state index is 5.41. The smallest absolute Gasteiger partial charge is 0.0222 e. The van der Waals surface area contributed by atoms with Crippen LogP contribution in [-0.4, -0.2) is 6.04 Å². The SMILES string of the molecule is CC(Cc1cccc2ccccc12)NN. The van der Waals surface area contributed by atoms with Gasteiger partial charge in [-0.05, 0) is 29.7 Å². The van der Waals surface area contributed by atoms with Crippen LogP contribution in [0, 0.1) is 0 Å². The van der Waals surface area contributed by atoms with Gasteiger partial charge in [0.2, 0.25) is 0 Å². The fourth-order valence-electron chi connectivity index (χ4n) is 1.86. The van der Waals surface area contributed by atoms with Crippen LogP contribution in [0.2, 0.25) is 0 Å². The van der Waals surface area contributed by atoms with Crippen molar-refractivity contribution in [3.63, 3.8) is 0 Å². The first kappa shape index (κ1) is 10.1. The van der Waals surface area contributed by atoms with Crippen LogP contribution in [0.3, 0.4) is 0 Å². The van der Waals surface area contributed by atoms with E-state index in [0.29, 0.717) is 6.04 Å². The highest BCUT2D eigenvalue weighted by molar-refractivity contribution is 5.85. The minimum atomic E-state index is 0.302. The molecule has 1 unspecified atom stereocenters. The van der Waals surface area contributed by atoms with Gasteiger partial charge in [0.05, 0.1) is 0 Å². The topological polar surface area (TPSA) is 38.0 Å². The summed E-state index contributed by atoms with van der Waals surface area (Å²) < 4.78 is 0. The van der Waals surface area contributed by atoms with Crippen LogP contribution in [0.15, 0.2) is 42.5 Å². The van der Waals surface area contributed by atoms with Crippen LogP contribution < -0.4 is 11.3 Å². The summed E-state index contributed by atoms with van der Waals surface area (Å²) in [5, 5.41) is 2.61. The van der Waals surface area contributed by atoms with E-state index >= 15 is 0 Å². The number of nitrogens with one attached hydrogen (secondary N) is 1. The van der Waals surface area contributed by atoms with Gasteiger partial charge in [-0.3, -0.25) is 11.3 Å². The average Bonchev–Trinajstić information content (AvgIpc) is 2.29. The standard InChI is InChI=1S/C13H16N2/c1-10(15-14)9-12-7-4-6-11-5-2-3-8-13(11)12/h2-8,10,15H,9,14H2,1H3. The third-order valence-electron chi connectivity index (χ3n) is 2.69. The van der Waals surface area contributed by atoms with Crippen molar-refractivity contribution >= 4 is 10.8 Å². The van der Waals surface area contributed by atoms with Gasteiger partial charge in [0.1, 0.15) is 0 Å². The zero-order valence-corrected chi connectivity index (χ0v) is 8.90. The molecule has 2 aromatic carbocycles. The highest BCUT2D eigenvalue weighted by Gasteiger charge is 2.04. The van der Waals surface area contributed by atoms with Crippen LogP contribution in [0.4, 0.5) is 0 Å². The Morgan fingerprint density at radius 3 is 2.67 bits per heavy atom. The summed E-state index contributed by atoms with van der Waals surface area (Å²) in [6.07, 6.45) is 0.956. The predicted molar refractivity (Wildman–Crippen MR) is 64.4 cm³/mol. The van der Waals surface area contributed by atoms with Crippen LogP contribution in [-0.2, 0) is 6.42 Å². The fourth-order valence-corrected chi connectivity index (χ4v) is 1.86. The van der Waals surface area contributed by atoms with Gasteiger partial charge in [-0.15, -0.1) is 0 Å². The Balaban J connectivity index is 2.42. The van der Waals surface area contributed by atoms with Crippen molar-refractivity contribution in [2.45, 2.75) is 19.4 Å². The lowest BCUT2D eigenvalue weighted by Gasteiger charge is -2.11. The van der Waals surface area contributed by atoms with E-state index in [1.54, 1.807) is 0 Å². The minimum absolute atomic E-state index is 0.302. The lowest BCUT2D eigenvalue weighted by molar-refractivity contribution is 0.569. The van der Waals surface area contributed by atoms with Crippen molar-refractivity contribution in [3.8, 4) is 0 Å². The number of hydrogen-bond donors (Lipinski definition) is 2. The van der Waals surface area contributed by atoms with Crippen molar-refractivity contribution in [2.75, 3.05) is 0 Å². The first-order chi connectivity index (χ1) is 7.31. The van der Waals surface area contributed by atoms with Crippen molar-refractivity contribution in [2.24, 2.45) is 5.84 Å². The Kier molecular flexibility index (Phi) is 2.99. The second kappa shape index (κ2) is 4.43. The molecule has 0 aliphatic rings. The Labute approximate surface area is 90.1 Å². The van der Waals surface area contributed by atoms with Gasteiger partial charge in [0.15, 0.2) is 0 Å². The molecule has 0 aromatic heterocycles. The van der Waals surface area contributed by atoms with Gasteiger partial charge in [-0.25, -0.2) is 0 Å². The van der Waals surface area contributed by atoms with Crippen molar-refractivity contribution in [1.82, 2.24) is 5.43 Å². The van der Waals surface area contributed by atoms with E-state index in [4.69, 9.17) is 5.84 Å². The summed E-state index contributed by atoms with van der Waals surface area (Å²) in [7, 11) is 0. The summed E-state index contributed by atoms with van der Waals surface area (Å²) in [6.45, 7) is 2.09. The van der Waals surface area contributed by atoms with E-state index in [9.17, 15) is 0 Å². The van der Waals surface area contributed by atoms with Gasteiger partial charge in [0.25, 0.3) is 0 Å². The molecule has 0 fully saturated rings. The van der Waals surface area contributed by atoms with Crippen molar-refractivity contribution < 1.29 is 0 Å². The summed E-state index contributed by atoms with van der Waals surface area (Å²) in [5.74, 6) is 5.41. The molecule has 2 rings (SSSR count). The number of rotatable bonds is 3. The molecule has 2 heteroatoms. The number of fused-ring (bicyclic) bond motifs is 1. The van der Waals surface area contributed by atoms with Gasteiger partial charge in [-0.1, -0.05) is 42.5 Å². The zero-order valence-electron chi connectivity index (χ0n) is 8.90. The van der Waals surface area contributed by atoms with Crippen molar-refractivity contribution in [3.05, 3.63) is 48.0 Å². The molecule has 0 bridgehead atoms. The predicted octanol–water partition coefficient (Wildman–Crippen LogP) is 2.23. The maximum Gasteiger partial charge on any atom is 0.0222 e. The molecule has 3 N–H and O–H groups in total. The quantitative estimate of drug-likeness (QED) is 0.589. The maximum atomic E-state index is 5.41. The van der Waals surface area contributed by atoms with E-state index in [1.807, 2.05) is 0 Å². The lowest BCUT2D eigenvalue weighted by atomic mass is 10.00. The molecule has 0 aliphatic carbocycles. The van der Waals surface area contributed by atoms with Gasteiger partial charge in [0, 0.05) is 6.04 Å². The molecule has 0 saturated heterocycles. The number of nitrogens with two attached hydrogens (primary N) is 1. The average molecular weight is 200 g/mol. The Morgan fingerprint density at radius 1 is 1.13 bits per heavy atom. The molecule has 0 heterocycles. The van der Waals surface area contributed by atoms with Gasteiger partial charge >= 0.3 is 0 Å². The Morgan fingerprint density at radius 2 is 1.87 bits per heavy atom. The van der Waals surface area contributed by atoms with Crippen LogP contribution in [0.5, 0.6) is 0 Å². The molecular weight excluding hydrogens is 184 g/mol. The third-order valence-corrected chi connectivity index (χ3v) is 2.69. The van der Waals surface area contributed by atoms with Crippen LogP contribution >= 0.6 is 0 Å². The molecule has 1 atom stereocenters. The summed E-state index contributed by atoms with van der Waals surface area (Å²) in [6, 6.07) is 15.1. The molecular formula is C13H16N2. The molecule has 0 spiro atoms. The van der Waals surface area contributed by atoms with E-state index < -0.39 is 0 Å². The second-order valence-corrected chi connectivity index (χ2v) is 3.91. The van der Waals surface area contributed by atoms with E-state index in [2.05, 4.69) is 54.8 Å². The largest absolute Gasteiger partial charge is 0.271 e. The van der Waals surface area contributed by atoms with Gasteiger partial charge < -0.3 is 0 Å². The normalized spacial score (nSPS) is 12.9. The van der Waals surface area contributed by atoms with E-state index in [-0.39, 0.29) is 0 Å². The number of hydrogen-bond acceptors (Lipinski definition) is 2. The summed E-state index contributed by atoms with van der Waals surface area (Å²) in [5.41, 5.74) is 4.12. The minimum Gasteiger partial charge on any atom is -0.271 e. The molecule has 0 amide bonds. The summed E-state index contributed by atoms with van der Waals surface area (Å²) in [4.78, 5) is 0. The summed E-state index contributed by atoms with van der Waals surface area (Å²) >= 11 is 0. The van der Waals surface area contributed by atoms with Crippen molar-refractivity contribution in [1.29, 1.82) is 0 Å². The highest BCUT2D eigenvalue weighted by Crippen LogP contribution is 2.19. The first-order valence-electron chi connectivity index (χ1n) is 5.24. The Bertz CT molecular complexity index is 446. The molecule has 2 nitrogen and oxygen atoms in total. The van der Waals surface area contributed by atoms with E-state index in [1.165, 1.54) is 16.3 Å². The molecule has 15 heavy (non-hydrogen) atoms. The molecule has 0 aliphatic heterocycles. The monoisotopic (exact) mass is 200 g/mol. The third kappa shape index (κ3) is 2.17. The van der Waals surface area contributed by atoms with Crippen LogP contribution in [0.25, 0.3) is 10.8 Å². The lowest BCUT2D eigenvalue weighted by Crippen LogP contribution is -2.34. The van der Waals surface area contributed by atoms with Gasteiger partial charge in [-0.2, -0.15) is 0 Å². The molecule has 0 saturated carbocycles. The second-order valence-electron chi connectivity index (χ2n) is 3.91. The first-order valence-corrected chi connectivity index (χ1v) is 5.24. The number of benzene rings is 2. The Hall–Kier alpha value is -1.38.